The molecule has 0 aliphatic carbocycles. The number of hydrazine groups is 1. The van der Waals surface area contributed by atoms with E-state index in [1.165, 1.54) is 11.1 Å². The maximum atomic E-state index is 6.16. The molecule has 0 aromatic heterocycles. The Morgan fingerprint density at radius 2 is 1.45 bits per heavy atom. The van der Waals surface area contributed by atoms with Crippen LogP contribution in [0.1, 0.15) is 24.5 Å². The predicted octanol–water partition coefficient (Wildman–Crippen LogP) is 3.43. The summed E-state index contributed by atoms with van der Waals surface area (Å²) in [6.07, 6.45) is 3.19. The molecule has 2 heteroatoms. The molecule has 0 aliphatic rings. The summed E-state index contributed by atoms with van der Waals surface area (Å²) in [5.74, 6) is 6.16. The van der Waals surface area contributed by atoms with E-state index >= 15 is 0 Å². The Labute approximate surface area is 122 Å². The minimum Gasteiger partial charge on any atom is -0.269 e. The Kier molecular flexibility index (Phi) is 5.78. The van der Waals surface area contributed by atoms with Gasteiger partial charge in [-0.1, -0.05) is 60.7 Å². The molecular formula is C18H24N2. The van der Waals surface area contributed by atoms with E-state index in [-0.39, 0.29) is 0 Å². The van der Waals surface area contributed by atoms with Crippen LogP contribution in [0.3, 0.4) is 0 Å². The van der Waals surface area contributed by atoms with Crippen molar-refractivity contribution in [2.24, 2.45) is 5.84 Å². The largest absolute Gasteiger partial charge is 0.269 e. The molecule has 0 saturated carbocycles. The van der Waals surface area contributed by atoms with Gasteiger partial charge in [-0.05, 0) is 37.3 Å². The lowest BCUT2D eigenvalue weighted by Gasteiger charge is -2.24. The van der Waals surface area contributed by atoms with E-state index < -0.39 is 0 Å². The number of aryl methyl sites for hydroxylation is 1. The van der Waals surface area contributed by atoms with Crippen LogP contribution in [0.2, 0.25) is 0 Å². The zero-order chi connectivity index (χ0) is 14.2. The van der Waals surface area contributed by atoms with Crippen LogP contribution in [-0.4, -0.2) is 17.6 Å². The number of rotatable bonds is 7. The predicted molar refractivity (Wildman–Crippen MR) is 85.3 cm³/mol. The summed E-state index contributed by atoms with van der Waals surface area (Å²) in [6, 6.07) is 21.5. The number of hydrogen-bond acceptors (Lipinski definition) is 2. The van der Waals surface area contributed by atoms with Crippen molar-refractivity contribution in [2.45, 2.75) is 32.2 Å². The van der Waals surface area contributed by atoms with Crippen LogP contribution in [-0.2, 0) is 12.8 Å². The van der Waals surface area contributed by atoms with Crippen LogP contribution in [0.15, 0.2) is 60.7 Å². The van der Waals surface area contributed by atoms with Crippen molar-refractivity contribution in [3.8, 4) is 0 Å². The highest BCUT2D eigenvalue weighted by Crippen LogP contribution is 2.08. The van der Waals surface area contributed by atoms with Crippen LogP contribution < -0.4 is 5.84 Å². The molecule has 0 spiro atoms. The van der Waals surface area contributed by atoms with E-state index in [9.17, 15) is 0 Å². The minimum atomic E-state index is 0.369. The van der Waals surface area contributed by atoms with Crippen molar-refractivity contribution in [1.82, 2.24) is 5.01 Å². The number of nitrogens with zero attached hydrogens (tertiary/aromatic N) is 1. The minimum absolute atomic E-state index is 0.369. The molecule has 20 heavy (non-hydrogen) atoms. The van der Waals surface area contributed by atoms with Crippen molar-refractivity contribution in [3.05, 3.63) is 71.8 Å². The van der Waals surface area contributed by atoms with E-state index in [1.54, 1.807) is 0 Å². The third-order valence-electron chi connectivity index (χ3n) is 3.66. The monoisotopic (exact) mass is 268 g/mol. The molecule has 0 heterocycles. The Morgan fingerprint density at radius 3 is 2.05 bits per heavy atom. The van der Waals surface area contributed by atoms with E-state index in [2.05, 4.69) is 61.5 Å². The molecule has 2 rings (SSSR count). The average Bonchev–Trinajstić information content (AvgIpc) is 2.49. The summed E-state index contributed by atoms with van der Waals surface area (Å²) in [4.78, 5) is 0. The van der Waals surface area contributed by atoms with E-state index in [4.69, 9.17) is 5.84 Å². The van der Waals surface area contributed by atoms with Gasteiger partial charge in [0.2, 0.25) is 0 Å². The van der Waals surface area contributed by atoms with Gasteiger partial charge >= 0.3 is 0 Å². The first-order chi connectivity index (χ1) is 9.75. The third-order valence-corrected chi connectivity index (χ3v) is 3.66. The molecule has 1 atom stereocenters. The highest BCUT2D eigenvalue weighted by molar-refractivity contribution is 5.16. The van der Waals surface area contributed by atoms with Gasteiger partial charge in [0.25, 0.3) is 0 Å². The highest BCUT2D eigenvalue weighted by Gasteiger charge is 2.10. The Hall–Kier alpha value is -1.64. The number of nitrogens with two attached hydrogens (primary N) is 1. The number of benzene rings is 2. The lowest BCUT2D eigenvalue weighted by molar-refractivity contribution is 0.210. The van der Waals surface area contributed by atoms with Crippen molar-refractivity contribution in [3.63, 3.8) is 0 Å². The zero-order valence-corrected chi connectivity index (χ0v) is 12.2. The molecule has 1 unspecified atom stereocenters. The average molecular weight is 268 g/mol. The fraction of sp³-hybridized carbons (Fsp3) is 0.333. The second-order valence-corrected chi connectivity index (χ2v) is 5.37. The van der Waals surface area contributed by atoms with Gasteiger partial charge < -0.3 is 0 Å². The maximum absolute atomic E-state index is 6.16. The van der Waals surface area contributed by atoms with Gasteiger partial charge in [-0.3, -0.25) is 5.84 Å². The van der Waals surface area contributed by atoms with Gasteiger partial charge in [0.05, 0.1) is 0 Å². The van der Waals surface area contributed by atoms with Gasteiger partial charge in [0.1, 0.15) is 0 Å². The first-order valence-electron chi connectivity index (χ1n) is 7.35. The normalized spacial score (nSPS) is 12.6. The van der Waals surface area contributed by atoms with E-state index in [1.807, 2.05) is 11.1 Å². The summed E-state index contributed by atoms with van der Waals surface area (Å²) in [6.45, 7) is 3.12. The molecule has 0 saturated heterocycles. The maximum Gasteiger partial charge on any atom is 0.0253 e. The van der Waals surface area contributed by atoms with Crippen molar-refractivity contribution in [1.29, 1.82) is 0 Å². The summed E-state index contributed by atoms with van der Waals surface area (Å²) in [5.41, 5.74) is 2.73. The fourth-order valence-corrected chi connectivity index (χ4v) is 2.40. The first kappa shape index (κ1) is 14.8. The van der Waals surface area contributed by atoms with Gasteiger partial charge in [-0.15, -0.1) is 0 Å². The summed E-state index contributed by atoms with van der Waals surface area (Å²) in [7, 11) is 0. The van der Waals surface area contributed by atoms with Crippen LogP contribution in [0.4, 0.5) is 0 Å². The Bertz CT molecular complexity index is 481. The van der Waals surface area contributed by atoms with Gasteiger partial charge in [0.15, 0.2) is 0 Å². The first-order valence-corrected chi connectivity index (χ1v) is 7.35. The second kappa shape index (κ2) is 7.83. The van der Waals surface area contributed by atoms with Crippen LogP contribution >= 0.6 is 0 Å². The Morgan fingerprint density at radius 1 is 0.900 bits per heavy atom. The summed E-state index contributed by atoms with van der Waals surface area (Å²) in [5, 5.41) is 1.97. The molecule has 0 amide bonds. The quantitative estimate of drug-likeness (QED) is 0.616. The third kappa shape index (κ3) is 4.80. The molecule has 0 fully saturated rings. The molecule has 106 valence electrons. The molecule has 2 aromatic rings. The van der Waals surface area contributed by atoms with E-state index in [0.29, 0.717) is 6.04 Å². The van der Waals surface area contributed by atoms with Crippen LogP contribution in [0.5, 0.6) is 0 Å². The molecule has 2 nitrogen and oxygen atoms in total. The topological polar surface area (TPSA) is 29.3 Å². The molecule has 0 radical (unpaired) electrons. The van der Waals surface area contributed by atoms with Crippen LogP contribution in [0.25, 0.3) is 0 Å². The standard InChI is InChI=1S/C18H24N2/c1-16(15-18-11-6-3-7-12-18)20(19)14-8-13-17-9-4-2-5-10-17/h2-7,9-12,16H,8,13-15,19H2,1H3. The summed E-state index contributed by atoms with van der Waals surface area (Å²) < 4.78 is 0. The smallest absolute Gasteiger partial charge is 0.0253 e. The number of hydrogen-bond donors (Lipinski definition) is 1. The SMILES string of the molecule is CC(Cc1ccccc1)N(N)CCCc1ccccc1. The molecule has 2 aromatic carbocycles. The molecule has 0 bridgehead atoms. The van der Waals surface area contributed by atoms with Crippen molar-refractivity contribution < 1.29 is 0 Å². The van der Waals surface area contributed by atoms with Gasteiger partial charge in [-0.2, -0.15) is 0 Å². The molecule has 2 N–H and O–H groups in total. The van der Waals surface area contributed by atoms with Crippen molar-refractivity contribution in [2.75, 3.05) is 6.54 Å². The lowest BCUT2D eigenvalue weighted by atomic mass is 10.1. The zero-order valence-electron chi connectivity index (χ0n) is 12.2. The molecule has 0 aliphatic heterocycles. The molecular weight excluding hydrogens is 244 g/mol. The Balaban J connectivity index is 1.73. The lowest BCUT2D eigenvalue weighted by Crippen LogP contribution is -2.41. The van der Waals surface area contributed by atoms with Crippen LogP contribution in [0, 0.1) is 0 Å². The van der Waals surface area contributed by atoms with Crippen molar-refractivity contribution >= 4 is 0 Å². The highest BCUT2D eigenvalue weighted by atomic mass is 15.4. The van der Waals surface area contributed by atoms with E-state index in [0.717, 1.165) is 25.8 Å². The van der Waals surface area contributed by atoms with Gasteiger partial charge in [0, 0.05) is 12.6 Å². The fourth-order valence-electron chi connectivity index (χ4n) is 2.40. The summed E-state index contributed by atoms with van der Waals surface area (Å²) >= 11 is 0. The van der Waals surface area contributed by atoms with Gasteiger partial charge in [-0.25, -0.2) is 5.01 Å². The second-order valence-electron chi connectivity index (χ2n) is 5.37.